The number of nitriles is 1. The molecule has 3 N–H and O–H groups in total. The Hall–Kier alpha value is -4.42. The number of nitrogens with two attached hydrogens (primary N) is 1. The highest BCUT2D eigenvalue weighted by Gasteiger charge is 2.25. The first kappa shape index (κ1) is 26.6. The van der Waals surface area contributed by atoms with Crippen molar-refractivity contribution >= 4 is 17.5 Å². The number of likely N-dealkylation sites (tertiary alicyclic amines) is 1. The van der Waals surface area contributed by atoms with Gasteiger partial charge in [-0.25, -0.2) is 9.97 Å². The van der Waals surface area contributed by atoms with Gasteiger partial charge < -0.3 is 25.6 Å². The van der Waals surface area contributed by atoms with Crippen molar-refractivity contribution in [3.63, 3.8) is 0 Å². The molecule has 0 radical (unpaired) electrons. The highest BCUT2D eigenvalue weighted by Crippen LogP contribution is 2.33. The number of amides is 1. The van der Waals surface area contributed by atoms with Gasteiger partial charge in [0.25, 0.3) is 5.91 Å². The van der Waals surface area contributed by atoms with Crippen LogP contribution in [0, 0.1) is 17.2 Å². The fraction of sp³-hybridized carbons (Fsp3) is 0.310. The predicted molar refractivity (Wildman–Crippen MR) is 148 cm³/mol. The standard InChI is InChI=1S/C29H33N7O2/c1-35(2)15-14-23(18-30)29(37)36-16-12-21(13-17-36)19-32-28-26(27(31)33-20-34-28)22-8-10-25(11-9-22)38-24-6-4-3-5-7-24/h3-11,14,20-21H,12-13,15-17,19H2,1-2H3,(H3,31,32,33,34)/b23-14+. The zero-order valence-electron chi connectivity index (χ0n) is 21.8. The van der Waals surface area contributed by atoms with Gasteiger partial charge in [0.2, 0.25) is 0 Å². The Kier molecular flexibility index (Phi) is 8.90. The molecule has 4 rings (SSSR count). The number of para-hydroxylation sites is 1. The number of carbonyl (C=O) groups excluding carboxylic acids is 1. The maximum absolute atomic E-state index is 12.8. The van der Waals surface area contributed by atoms with Gasteiger partial charge in [-0.3, -0.25) is 4.79 Å². The molecule has 1 aliphatic heterocycles. The Morgan fingerprint density at radius 2 is 1.82 bits per heavy atom. The van der Waals surface area contributed by atoms with Crippen LogP contribution >= 0.6 is 0 Å². The van der Waals surface area contributed by atoms with E-state index in [9.17, 15) is 10.1 Å². The van der Waals surface area contributed by atoms with Crippen LogP contribution in [-0.4, -0.2) is 65.9 Å². The van der Waals surface area contributed by atoms with E-state index >= 15 is 0 Å². The topological polar surface area (TPSA) is 120 Å². The van der Waals surface area contributed by atoms with Crippen molar-refractivity contribution < 1.29 is 9.53 Å². The number of nitrogens with one attached hydrogen (secondary N) is 1. The molecule has 0 atom stereocenters. The molecular weight excluding hydrogens is 478 g/mol. The fourth-order valence-electron chi connectivity index (χ4n) is 4.34. The van der Waals surface area contributed by atoms with Gasteiger partial charge >= 0.3 is 0 Å². The van der Waals surface area contributed by atoms with Crippen LogP contribution in [0.2, 0.25) is 0 Å². The molecule has 1 fully saturated rings. The smallest absolute Gasteiger partial charge is 0.264 e. The summed E-state index contributed by atoms with van der Waals surface area (Å²) in [6, 6.07) is 19.3. The Morgan fingerprint density at radius 1 is 1.13 bits per heavy atom. The Morgan fingerprint density at radius 3 is 2.47 bits per heavy atom. The molecule has 1 aliphatic rings. The molecular formula is C29H33N7O2. The van der Waals surface area contributed by atoms with Crippen molar-refractivity contribution in [2.45, 2.75) is 12.8 Å². The molecule has 1 amide bonds. The van der Waals surface area contributed by atoms with Gasteiger partial charge in [-0.05, 0) is 68.8 Å². The third-order valence-corrected chi connectivity index (χ3v) is 6.47. The van der Waals surface area contributed by atoms with E-state index in [0.717, 1.165) is 35.5 Å². The summed E-state index contributed by atoms with van der Waals surface area (Å²) in [5.41, 5.74) is 8.10. The number of rotatable bonds is 9. The van der Waals surface area contributed by atoms with Gasteiger partial charge in [-0.1, -0.05) is 30.3 Å². The summed E-state index contributed by atoms with van der Waals surface area (Å²) in [5.74, 6) is 2.74. The maximum atomic E-state index is 12.8. The first-order valence-corrected chi connectivity index (χ1v) is 12.7. The average Bonchev–Trinajstić information content (AvgIpc) is 2.93. The lowest BCUT2D eigenvalue weighted by atomic mass is 9.96. The quantitative estimate of drug-likeness (QED) is 0.324. The molecule has 0 spiro atoms. The fourth-order valence-corrected chi connectivity index (χ4v) is 4.34. The average molecular weight is 512 g/mol. The van der Waals surface area contributed by atoms with E-state index in [1.807, 2.05) is 73.6 Å². The minimum atomic E-state index is -0.189. The molecule has 2 heterocycles. The number of likely N-dealkylation sites (N-methyl/N-ethyl adjacent to an activating group) is 1. The number of hydrogen-bond acceptors (Lipinski definition) is 8. The second kappa shape index (κ2) is 12.7. The number of benzene rings is 2. The molecule has 0 aliphatic carbocycles. The van der Waals surface area contributed by atoms with Gasteiger partial charge in [-0.2, -0.15) is 5.26 Å². The van der Waals surface area contributed by atoms with E-state index in [0.29, 0.717) is 43.7 Å². The number of hydrogen-bond donors (Lipinski definition) is 2. The Balaban J connectivity index is 1.36. The van der Waals surface area contributed by atoms with E-state index in [2.05, 4.69) is 21.4 Å². The second-order valence-corrected chi connectivity index (χ2v) is 9.53. The molecule has 2 aromatic carbocycles. The number of nitrogen functional groups attached to an aromatic ring is 1. The number of aromatic nitrogens is 2. The summed E-state index contributed by atoms with van der Waals surface area (Å²) in [6.45, 7) is 2.49. The summed E-state index contributed by atoms with van der Waals surface area (Å²) < 4.78 is 5.90. The maximum Gasteiger partial charge on any atom is 0.264 e. The third-order valence-electron chi connectivity index (χ3n) is 6.47. The molecule has 0 bridgehead atoms. The van der Waals surface area contributed by atoms with Crippen LogP contribution < -0.4 is 15.8 Å². The minimum absolute atomic E-state index is 0.189. The van der Waals surface area contributed by atoms with Crippen LogP contribution in [0.5, 0.6) is 11.5 Å². The van der Waals surface area contributed by atoms with Crippen LogP contribution in [0.4, 0.5) is 11.6 Å². The summed E-state index contributed by atoms with van der Waals surface area (Å²) in [7, 11) is 3.81. The molecule has 0 unspecified atom stereocenters. The van der Waals surface area contributed by atoms with Crippen LogP contribution in [0.15, 0.2) is 72.6 Å². The van der Waals surface area contributed by atoms with Crippen LogP contribution in [-0.2, 0) is 4.79 Å². The number of ether oxygens (including phenoxy) is 1. The second-order valence-electron chi connectivity index (χ2n) is 9.53. The summed E-state index contributed by atoms with van der Waals surface area (Å²) in [6.07, 6.45) is 4.83. The summed E-state index contributed by atoms with van der Waals surface area (Å²) in [4.78, 5) is 25.1. The lowest BCUT2D eigenvalue weighted by molar-refractivity contribution is -0.128. The number of carbonyl (C=O) groups is 1. The Bertz CT molecular complexity index is 1290. The van der Waals surface area contributed by atoms with Crippen molar-refractivity contribution in [2.24, 2.45) is 5.92 Å². The molecule has 1 saturated heterocycles. The summed E-state index contributed by atoms with van der Waals surface area (Å²) >= 11 is 0. The molecule has 0 saturated carbocycles. The van der Waals surface area contributed by atoms with Crippen molar-refractivity contribution in [3.8, 4) is 28.7 Å². The van der Waals surface area contributed by atoms with E-state index in [1.54, 1.807) is 11.0 Å². The number of anilines is 2. The summed E-state index contributed by atoms with van der Waals surface area (Å²) in [5, 5.41) is 12.9. The van der Waals surface area contributed by atoms with Crippen LogP contribution in [0.3, 0.4) is 0 Å². The van der Waals surface area contributed by atoms with E-state index in [1.165, 1.54) is 6.33 Å². The van der Waals surface area contributed by atoms with Gasteiger partial charge in [0.05, 0.1) is 5.56 Å². The van der Waals surface area contributed by atoms with Gasteiger partial charge in [-0.15, -0.1) is 0 Å². The molecule has 38 heavy (non-hydrogen) atoms. The first-order chi connectivity index (χ1) is 18.4. The molecule has 9 heteroatoms. The van der Waals surface area contributed by atoms with Gasteiger partial charge in [0, 0.05) is 26.2 Å². The van der Waals surface area contributed by atoms with Gasteiger partial charge in [0.1, 0.15) is 41.1 Å². The monoisotopic (exact) mass is 511 g/mol. The van der Waals surface area contributed by atoms with Crippen LogP contribution in [0.25, 0.3) is 11.1 Å². The van der Waals surface area contributed by atoms with E-state index in [-0.39, 0.29) is 11.5 Å². The molecule has 9 nitrogen and oxygen atoms in total. The largest absolute Gasteiger partial charge is 0.457 e. The van der Waals surface area contributed by atoms with E-state index < -0.39 is 0 Å². The van der Waals surface area contributed by atoms with E-state index in [4.69, 9.17) is 10.5 Å². The van der Waals surface area contributed by atoms with Crippen LogP contribution in [0.1, 0.15) is 12.8 Å². The molecule has 3 aromatic rings. The highest BCUT2D eigenvalue weighted by molar-refractivity contribution is 5.97. The number of nitrogens with zero attached hydrogens (tertiary/aromatic N) is 5. The van der Waals surface area contributed by atoms with Gasteiger partial charge in [0.15, 0.2) is 0 Å². The minimum Gasteiger partial charge on any atom is -0.457 e. The first-order valence-electron chi connectivity index (χ1n) is 12.7. The lowest BCUT2D eigenvalue weighted by Crippen LogP contribution is -2.40. The lowest BCUT2D eigenvalue weighted by Gasteiger charge is -2.32. The third kappa shape index (κ3) is 6.87. The van der Waals surface area contributed by atoms with Crippen molar-refractivity contribution in [1.82, 2.24) is 19.8 Å². The van der Waals surface area contributed by atoms with Crippen molar-refractivity contribution in [1.29, 1.82) is 5.26 Å². The number of piperidine rings is 1. The highest BCUT2D eigenvalue weighted by atomic mass is 16.5. The SMILES string of the molecule is CN(C)C/C=C(\C#N)C(=O)N1CCC(CNc2ncnc(N)c2-c2ccc(Oc3ccccc3)cc2)CC1. The molecule has 1 aromatic heterocycles. The zero-order chi connectivity index (χ0) is 26.9. The molecule has 196 valence electrons. The normalized spacial score (nSPS) is 14.3. The Labute approximate surface area is 223 Å². The zero-order valence-corrected chi connectivity index (χ0v) is 21.8. The van der Waals surface area contributed by atoms with Crippen molar-refractivity contribution in [2.75, 3.05) is 51.3 Å². The van der Waals surface area contributed by atoms with Crippen molar-refractivity contribution in [3.05, 3.63) is 72.6 Å². The predicted octanol–water partition coefficient (Wildman–Crippen LogP) is 4.18.